The topological polar surface area (TPSA) is 26.0 Å². The average Bonchev–Trinajstić information content (AvgIpc) is 2.45. The monoisotopic (exact) mass is 261 g/mol. The Morgan fingerprint density at radius 2 is 1.53 bits per heavy atom. The molecular formula is C18H31N. The molecule has 0 saturated heterocycles. The second kappa shape index (κ2) is 8.37. The van der Waals surface area contributed by atoms with Gasteiger partial charge in [-0.3, -0.25) is 0 Å². The van der Waals surface area contributed by atoms with E-state index in [0.29, 0.717) is 11.8 Å². The number of hydrogen-bond donors (Lipinski definition) is 1. The Morgan fingerprint density at radius 1 is 0.947 bits per heavy atom. The zero-order valence-corrected chi connectivity index (χ0v) is 13.1. The van der Waals surface area contributed by atoms with Crippen molar-refractivity contribution in [3.63, 3.8) is 0 Å². The Labute approximate surface area is 119 Å². The van der Waals surface area contributed by atoms with E-state index < -0.39 is 0 Å². The van der Waals surface area contributed by atoms with E-state index in [1.807, 2.05) is 0 Å². The summed E-state index contributed by atoms with van der Waals surface area (Å²) < 4.78 is 0. The predicted octanol–water partition coefficient (Wildman–Crippen LogP) is 4.97. The van der Waals surface area contributed by atoms with Crippen LogP contribution in [0.15, 0.2) is 30.3 Å². The summed E-state index contributed by atoms with van der Waals surface area (Å²) >= 11 is 0. The summed E-state index contributed by atoms with van der Waals surface area (Å²) in [6.45, 7) is 9.16. The molecule has 0 spiro atoms. The minimum atomic E-state index is 0.280. The molecule has 0 bridgehead atoms. The first kappa shape index (κ1) is 16.2. The van der Waals surface area contributed by atoms with Gasteiger partial charge in [-0.1, -0.05) is 77.3 Å². The number of nitrogens with two attached hydrogens (primary N) is 1. The first-order valence-corrected chi connectivity index (χ1v) is 7.94. The van der Waals surface area contributed by atoms with Crippen LogP contribution >= 0.6 is 0 Å². The van der Waals surface area contributed by atoms with Gasteiger partial charge < -0.3 is 5.73 Å². The van der Waals surface area contributed by atoms with Gasteiger partial charge in [-0.25, -0.2) is 0 Å². The third-order valence-electron chi connectivity index (χ3n) is 4.66. The van der Waals surface area contributed by atoms with Gasteiger partial charge in [0.1, 0.15) is 0 Å². The van der Waals surface area contributed by atoms with Gasteiger partial charge in [-0.05, 0) is 23.8 Å². The Bertz CT molecular complexity index is 329. The van der Waals surface area contributed by atoms with Gasteiger partial charge in [0.15, 0.2) is 0 Å². The minimum absolute atomic E-state index is 0.280. The lowest BCUT2D eigenvalue weighted by atomic mass is 9.77. The van der Waals surface area contributed by atoms with Gasteiger partial charge >= 0.3 is 0 Å². The molecule has 2 N–H and O–H groups in total. The van der Waals surface area contributed by atoms with Gasteiger partial charge in [0.2, 0.25) is 0 Å². The van der Waals surface area contributed by atoms with Gasteiger partial charge in [-0.15, -0.1) is 0 Å². The molecule has 3 atom stereocenters. The molecular weight excluding hydrogens is 230 g/mol. The minimum Gasteiger partial charge on any atom is -0.327 e. The SMILES string of the molecule is CCC(CC)CC(N)C(c1ccccc1)C(C)CC. The van der Waals surface area contributed by atoms with Crippen LogP contribution in [0.2, 0.25) is 0 Å². The first-order valence-electron chi connectivity index (χ1n) is 7.94. The van der Waals surface area contributed by atoms with Gasteiger partial charge in [0.05, 0.1) is 0 Å². The summed E-state index contributed by atoms with van der Waals surface area (Å²) in [5, 5.41) is 0. The Morgan fingerprint density at radius 3 is 2.00 bits per heavy atom. The maximum atomic E-state index is 6.58. The van der Waals surface area contributed by atoms with Crippen LogP contribution in [0.4, 0.5) is 0 Å². The average molecular weight is 261 g/mol. The van der Waals surface area contributed by atoms with Crippen molar-refractivity contribution in [1.82, 2.24) is 0 Å². The Balaban J connectivity index is 2.85. The highest BCUT2D eigenvalue weighted by molar-refractivity contribution is 5.22. The smallest absolute Gasteiger partial charge is 0.0113 e. The lowest BCUT2D eigenvalue weighted by Gasteiger charge is -2.31. The quantitative estimate of drug-likeness (QED) is 0.702. The van der Waals surface area contributed by atoms with Crippen molar-refractivity contribution < 1.29 is 0 Å². The highest BCUT2D eigenvalue weighted by atomic mass is 14.7. The van der Waals surface area contributed by atoms with E-state index in [1.165, 1.54) is 24.8 Å². The fourth-order valence-corrected chi connectivity index (χ4v) is 3.08. The second-order valence-electron chi connectivity index (χ2n) is 5.90. The molecule has 1 nitrogen and oxygen atoms in total. The van der Waals surface area contributed by atoms with E-state index in [1.54, 1.807) is 0 Å². The van der Waals surface area contributed by atoms with Crippen LogP contribution in [-0.2, 0) is 0 Å². The summed E-state index contributed by atoms with van der Waals surface area (Å²) in [6.07, 6.45) is 4.82. The van der Waals surface area contributed by atoms with E-state index in [0.717, 1.165) is 12.3 Å². The van der Waals surface area contributed by atoms with Crippen molar-refractivity contribution in [2.24, 2.45) is 17.6 Å². The Hall–Kier alpha value is -0.820. The van der Waals surface area contributed by atoms with Crippen molar-refractivity contribution in [3.05, 3.63) is 35.9 Å². The number of benzene rings is 1. The molecule has 0 fully saturated rings. The molecule has 3 unspecified atom stereocenters. The molecule has 0 amide bonds. The summed E-state index contributed by atoms with van der Waals surface area (Å²) in [4.78, 5) is 0. The van der Waals surface area contributed by atoms with E-state index in [2.05, 4.69) is 58.0 Å². The third-order valence-corrected chi connectivity index (χ3v) is 4.66. The second-order valence-corrected chi connectivity index (χ2v) is 5.90. The van der Waals surface area contributed by atoms with E-state index in [9.17, 15) is 0 Å². The van der Waals surface area contributed by atoms with Gasteiger partial charge in [-0.2, -0.15) is 0 Å². The molecule has 1 heteroatoms. The Kier molecular flexibility index (Phi) is 7.15. The van der Waals surface area contributed by atoms with Crippen LogP contribution in [0.5, 0.6) is 0 Å². The molecule has 1 aromatic carbocycles. The van der Waals surface area contributed by atoms with Crippen molar-refractivity contribution in [3.8, 4) is 0 Å². The van der Waals surface area contributed by atoms with Crippen molar-refractivity contribution in [2.45, 2.75) is 65.3 Å². The van der Waals surface area contributed by atoms with Crippen molar-refractivity contribution >= 4 is 0 Å². The van der Waals surface area contributed by atoms with Crippen molar-refractivity contribution in [2.75, 3.05) is 0 Å². The maximum absolute atomic E-state index is 6.58. The van der Waals surface area contributed by atoms with E-state index in [4.69, 9.17) is 5.73 Å². The van der Waals surface area contributed by atoms with Gasteiger partial charge in [0.25, 0.3) is 0 Å². The predicted molar refractivity (Wildman–Crippen MR) is 85.3 cm³/mol. The van der Waals surface area contributed by atoms with Crippen LogP contribution < -0.4 is 5.73 Å². The molecule has 0 heterocycles. The molecule has 0 aromatic heterocycles. The van der Waals surface area contributed by atoms with Crippen LogP contribution in [0.25, 0.3) is 0 Å². The summed E-state index contributed by atoms with van der Waals surface area (Å²) in [6, 6.07) is 11.1. The normalized spacial score (nSPS) is 16.3. The highest BCUT2D eigenvalue weighted by Gasteiger charge is 2.26. The molecule has 19 heavy (non-hydrogen) atoms. The zero-order valence-electron chi connectivity index (χ0n) is 13.1. The summed E-state index contributed by atoms with van der Waals surface area (Å²) in [5.74, 6) is 1.91. The van der Waals surface area contributed by atoms with Crippen LogP contribution in [0, 0.1) is 11.8 Å². The molecule has 0 radical (unpaired) electrons. The van der Waals surface area contributed by atoms with Crippen molar-refractivity contribution in [1.29, 1.82) is 0 Å². The fraction of sp³-hybridized carbons (Fsp3) is 0.667. The molecule has 0 aliphatic rings. The van der Waals surface area contributed by atoms with E-state index >= 15 is 0 Å². The molecule has 0 aliphatic carbocycles. The van der Waals surface area contributed by atoms with Gasteiger partial charge in [0, 0.05) is 12.0 Å². The number of rotatable bonds is 8. The molecule has 1 aromatic rings. The van der Waals surface area contributed by atoms with Crippen LogP contribution in [-0.4, -0.2) is 6.04 Å². The number of hydrogen-bond acceptors (Lipinski definition) is 1. The maximum Gasteiger partial charge on any atom is 0.0113 e. The van der Waals surface area contributed by atoms with Crippen LogP contribution in [0.1, 0.15) is 64.9 Å². The molecule has 0 aliphatic heterocycles. The zero-order chi connectivity index (χ0) is 14.3. The lowest BCUT2D eigenvalue weighted by molar-refractivity contribution is 0.317. The first-order chi connectivity index (χ1) is 9.13. The molecule has 1 rings (SSSR count). The standard InChI is InChI=1S/C18H31N/c1-5-14(4)18(16-11-9-8-10-12-16)17(19)13-15(6-2)7-3/h8-12,14-15,17-18H,5-7,13,19H2,1-4H3. The molecule has 0 saturated carbocycles. The van der Waals surface area contributed by atoms with Crippen LogP contribution in [0.3, 0.4) is 0 Å². The summed E-state index contributed by atoms with van der Waals surface area (Å²) in [5.41, 5.74) is 7.99. The van der Waals surface area contributed by atoms with E-state index in [-0.39, 0.29) is 6.04 Å². The summed E-state index contributed by atoms with van der Waals surface area (Å²) in [7, 11) is 0. The highest BCUT2D eigenvalue weighted by Crippen LogP contribution is 2.32. The fourth-order valence-electron chi connectivity index (χ4n) is 3.08. The largest absolute Gasteiger partial charge is 0.327 e. The lowest BCUT2D eigenvalue weighted by Crippen LogP contribution is -2.34. The third kappa shape index (κ3) is 4.65. The molecule has 108 valence electrons.